The fourth-order valence-electron chi connectivity index (χ4n) is 3.16. The first kappa shape index (κ1) is 15.8. The van der Waals surface area contributed by atoms with Crippen molar-refractivity contribution in [3.63, 3.8) is 0 Å². The Balaban J connectivity index is 1.67. The van der Waals surface area contributed by atoms with E-state index in [2.05, 4.69) is 15.5 Å². The van der Waals surface area contributed by atoms with Crippen molar-refractivity contribution in [2.75, 3.05) is 13.6 Å². The largest absolute Gasteiger partial charge is 0.414 e. The van der Waals surface area contributed by atoms with Gasteiger partial charge in [0.25, 0.3) is 5.91 Å². The minimum atomic E-state index is -0.630. The van der Waals surface area contributed by atoms with Crippen LogP contribution in [0, 0.1) is 0 Å². The number of fused-ring (bicyclic) bond motifs is 2. The summed E-state index contributed by atoms with van der Waals surface area (Å²) in [5.74, 6) is 0.612. The molecule has 1 saturated heterocycles. The van der Waals surface area contributed by atoms with Crippen molar-refractivity contribution in [1.29, 1.82) is 0 Å². The minimum absolute atomic E-state index is 0.163. The molecule has 1 atom stereocenters. The Labute approximate surface area is 149 Å². The Morgan fingerprint density at radius 1 is 1.40 bits per heavy atom. The molecule has 1 unspecified atom stereocenters. The molecule has 1 aromatic carbocycles. The van der Waals surface area contributed by atoms with Gasteiger partial charge in [0.2, 0.25) is 11.9 Å². The van der Waals surface area contributed by atoms with Gasteiger partial charge in [-0.15, -0.1) is 5.10 Å². The van der Waals surface area contributed by atoms with Crippen molar-refractivity contribution in [2.45, 2.75) is 19.5 Å². The normalized spacial score (nSPS) is 22.4. The van der Waals surface area contributed by atoms with Gasteiger partial charge in [-0.3, -0.25) is 14.6 Å². The maximum Gasteiger partial charge on any atom is 0.414 e. The number of carbonyl (C=O) groups is 2. The maximum absolute atomic E-state index is 13.1. The van der Waals surface area contributed by atoms with E-state index in [0.717, 1.165) is 11.3 Å². The summed E-state index contributed by atoms with van der Waals surface area (Å²) in [5, 5.41) is 4.70. The number of hydrazone groups is 1. The fourth-order valence-corrected chi connectivity index (χ4v) is 3.38. The number of guanidine groups is 1. The van der Waals surface area contributed by atoms with Crippen LogP contribution in [0.25, 0.3) is 0 Å². The SMILES string of the molecule is CC1=NNC2=[N+](C1)C1C(=O)N(Cc3cccc(Cl)c3)C(=O)N(C)C1=N2. The average molecular weight is 360 g/mol. The summed E-state index contributed by atoms with van der Waals surface area (Å²) in [6.07, 6.45) is 0. The van der Waals surface area contributed by atoms with E-state index in [1.165, 1.54) is 9.80 Å². The summed E-state index contributed by atoms with van der Waals surface area (Å²) in [6, 6.07) is 6.09. The molecule has 3 heterocycles. The third-order valence-electron chi connectivity index (χ3n) is 4.39. The van der Waals surface area contributed by atoms with Crippen LogP contribution < -0.4 is 5.43 Å². The predicted molar refractivity (Wildman–Crippen MR) is 92.8 cm³/mol. The van der Waals surface area contributed by atoms with Crippen LogP contribution in [0.3, 0.4) is 0 Å². The third-order valence-corrected chi connectivity index (χ3v) is 4.62. The van der Waals surface area contributed by atoms with Gasteiger partial charge in [-0.1, -0.05) is 28.7 Å². The smallest absolute Gasteiger partial charge is 0.270 e. The van der Waals surface area contributed by atoms with Crippen molar-refractivity contribution in [2.24, 2.45) is 10.1 Å². The predicted octanol–water partition coefficient (Wildman–Crippen LogP) is 0.862. The highest BCUT2D eigenvalue weighted by Crippen LogP contribution is 2.23. The molecule has 9 heteroatoms. The average Bonchev–Trinajstić information content (AvgIpc) is 2.96. The molecular formula is C16H16ClN6O2+. The van der Waals surface area contributed by atoms with E-state index >= 15 is 0 Å². The zero-order valence-electron chi connectivity index (χ0n) is 13.7. The second-order valence-corrected chi connectivity index (χ2v) is 6.62. The van der Waals surface area contributed by atoms with Crippen LogP contribution in [0.1, 0.15) is 12.5 Å². The lowest BCUT2D eigenvalue weighted by Crippen LogP contribution is -2.63. The van der Waals surface area contributed by atoms with Gasteiger partial charge in [-0.2, -0.15) is 5.43 Å². The van der Waals surface area contributed by atoms with Gasteiger partial charge < -0.3 is 0 Å². The highest BCUT2D eigenvalue weighted by atomic mass is 35.5. The number of hydrogen-bond donors (Lipinski definition) is 1. The maximum atomic E-state index is 13.1. The van der Waals surface area contributed by atoms with Gasteiger partial charge >= 0.3 is 12.0 Å². The number of rotatable bonds is 2. The first-order chi connectivity index (χ1) is 12.0. The number of imide groups is 1. The molecule has 3 aliphatic heterocycles. The number of halogens is 1. The summed E-state index contributed by atoms with van der Waals surface area (Å²) < 4.78 is 1.83. The second kappa shape index (κ2) is 5.66. The number of amidine groups is 1. The highest BCUT2D eigenvalue weighted by Gasteiger charge is 2.53. The molecule has 0 saturated carbocycles. The third kappa shape index (κ3) is 2.49. The molecule has 0 aromatic heterocycles. The van der Waals surface area contributed by atoms with Crippen LogP contribution in [0.4, 0.5) is 4.79 Å². The van der Waals surface area contributed by atoms with Crippen LogP contribution in [0.2, 0.25) is 5.02 Å². The molecule has 3 amide bonds. The Kier molecular flexibility index (Phi) is 3.57. The van der Waals surface area contributed by atoms with Crippen LogP contribution in [-0.2, 0) is 11.3 Å². The number of hydrogen-bond acceptors (Lipinski definition) is 5. The molecule has 0 aliphatic carbocycles. The van der Waals surface area contributed by atoms with E-state index in [-0.39, 0.29) is 12.5 Å². The van der Waals surface area contributed by atoms with Crippen molar-refractivity contribution < 1.29 is 14.2 Å². The lowest BCUT2D eigenvalue weighted by atomic mass is 10.1. The molecule has 8 nitrogen and oxygen atoms in total. The zero-order valence-corrected chi connectivity index (χ0v) is 14.5. The minimum Gasteiger partial charge on any atom is -0.270 e. The quantitative estimate of drug-likeness (QED) is 0.795. The van der Waals surface area contributed by atoms with Crippen LogP contribution in [0.15, 0.2) is 34.4 Å². The summed E-state index contributed by atoms with van der Waals surface area (Å²) in [4.78, 5) is 32.8. The molecule has 4 rings (SSSR count). The lowest BCUT2D eigenvalue weighted by molar-refractivity contribution is -0.524. The van der Waals surface area contributed by atoms with E-state index < -0.39 is 12.1 Å². The van der Waals surface area contributed by atoms with Gasteiger partial charge in [0.05, 0.1) is 12.3 Å². The summed E-state index contributed by atoms with van der Waals surface area (Å²) in [6.45, 7) is 2.52. The highest BCUT2D eigenvalue weighted by molar-refractivity contribution is 6.30. The van der Waals surface area contributed by atoms with E-state index in [1.807, 2.05) is 17.6 Å². The van der Waals surface area contributed by atoms with Crippen molar-refractivity contribution in [3.8, 4) is 0 Å². The number of likely N-dealkylation sites (N-methyl/N-ethyl adjacent to an activating group) is 1. The topological polar surface area (TPSA) is 80.4 Å². The molecule has 1 aromatic rings. The Morgan fingerprint density at radius 2 is 2.20 bits per heavy atom. The molecule has 128 valence electrons. The number of nitrogens with zero attached hydrogens (tertiary/aromatic N) is 5. The van der Waals surface area contributed by atoms with Gasteiger partial charge in [-0.25, -0.2) is 9.37 Å². The molecule has 3 aliphatic rings. The zero-order chi connectivity index (χ0) is 17.7. The Bertz CT molecular complexity index is 890. The number of benzene rings is 1. The molecule has 0 radical (unpaired) electrons. The summed E-state index contributed by atoms with van der Waals surface area (Å²) in [7, 11) is 1.62. The van der Waals surface area contributed by atoms with Gasteiger partial charge in [0.15, 0.2) is 0 Å². The lowest BCUT2D eigenvalue weighted by Gasteiger charge is -2.34. The first-order valence-electron chi connectivity index (χ1n) is 7.80. The second-order valence-electron chi connectivity index (χ2n) is 6.18. The molecular weight excluding hydrogens is 344 g/mol. The monoisotopic (exact) mass is 359 g/mol. The Hall–Kier alpha value is -2.74. The fraction of sp³-hybridized carbons (Fsp3) is 0.312. The van der Waals surface area contributed by atoms with Crippen molar-refractivity contribution in [1.82, 2.24) is 15.2 Å². The molecule has 1 N–H and O–H groups in total. The molecule has 0 bridgehead atoms. The molecule has 1 fully saturated rings. The van der Waals surface area contributed by atoms with Gasteiger partial charge in [-0.05, 0) is 24.6 Å². The van der Waals surface area contributed by atoms with Crippen molar-refractivity contribution >= 4 is 41.0 Å². The van der Waals surface area contributed by atoms with Crippen LogP contribution in [-0.4, -0.2) is 63.5 Å². The molecule has 25 heavy (non-hydrogen) atoms. The van der Waals surface area contributed by atoms with Crippen LogP contribution in [0.5, 0.6) is 0 Å². The first-order valence-corrected chi connectivity index (χ1v) is 8.18. The van der Waals surface area contributed by atoms with E-state index in [4.69, 9.17) is 11.6 Å². The summed E-state index contributed by atoms with van der Waals surface area (Å²) >= 11 is 6.01. The number of nitrogens with one attached hydrogen (secondary N) is 1. The number of aliphatic imine (C=N–C) groups is 1. The van der Waals surface area contributed by atoms with Crippen LogP contribution >= 0.6 is 11.6 Å². The number of urea groups is 1. The van der Waals surface area contributed by atoms with Gasteiger partial charge in [0.1, 0.15) is 6.54 Å². The molecule has 0 spiro atoms. The van der Waals surface area contributed by atoms with E-state index in [1.54, 1.807) is 25.2 Å². The number of carbonyl (C=O) groups excluding carboxylic acids is 2. The standard InChI is InChI=1S/C16H15ClN6O2/c1-9-7-22-12-13(18-15(22)20-19-9)21(2)16(25)23(14(12)24)8-10-4-3-5-11(17)6-10/h3-6,12H,7-8H2,1-2H3/p+1. The Morgan fingerprint density at radius 3 is 2.96 bits per heavy atom. The van der Waals surface area contributed by atoms with Gasteiger partial charge in [0, 0.05) is 12.1 Å². The summed E-state index contributed by atoms with van der Waals surface area (Å²) in [5.41, 5.74) is 4.47. The van der Waals surface area contributed by atoms with Crippen molar-refractivity contribution in [3.05, 3.63) is 34.9 Å². The van der Waals surface area contributed by atoms with E-state index in [0.29, 0.717) is 23.4 Å². The van der Waals surface area contributed by atoms with E-state index in [9.17, 15) is 9.59 Å². The number of amides is 3.